The van der Waals surface area contributed by atoms with E-state index in [-0.39, 0.29) is 0 Å². The van der Waals surface area contributed by atoms with Gasteiger partial charge in [0.15, 0.2) is 5.82 Å². The summed E-state index contributed by atoms with van der Waals surface area (Å²) in [6, 6.07) is 3.64. The van der Waals surface area contributed by atoms with E-state index in [1.54, 1.807) is 0 Å². The van der Waals surface area contributed by atoms with Crippen LogP contribution in [-0.2, 0) is 0 Å². The van der Waals surface area contributed by atoms with Crippen LogP contribution >= 0.6 is 0 Å². The lowest BCUT2D eigenvalue weighted by Gasteiger charge is -2.41. The highest BCUT2D eigenvalue weighted by atomic mass is 15.4. The zero-order chi connectivity index (χ0) is 13.3. The van der Waals surface area contributed by atoms with Gasteiger partial charge in [0.25, 0.3) is 0 Å². The molecule has 0 radical (unpaired) electrons. The monoisotopic (exact) mass is 250 g/mol. The second-order valence-corrected chi connectivity index (χ2v) is 6.02. The molecule has 0 aliphatic carbocycles. The molecule has 1 aliphatic heterocycles. The highest BCUT2D eigenvalue weighted by Crippen LogP contribution is 2.22. The van der Waals surface area contributed by atoms with Crippen molar-refractivity contribution in [2.75, 3.05) is 18.0 Å². The van der Waals surface area contributed by atoms with E-state index in [4.69, 9.17) is 5.10 Å². The molecule has 1 aromatic heterocycles. The van der Waals surface area contributed by atoms with Crippen LogP contribution in [0.2, 0.25) is 0 Å². The average molecular weight is 250 g/mol. The maximum atomic E-state index is 4.72. The maximum absolute atomic E-state index is 4.72. The van der Waals surface area contributed by atoms with Crippen molar-refractivity contribution >= 4 is 5.82 Å². The van der Waals surface area contributed by atoms with Crippen LogP contribution < -0.4 is 10.2 Å². The molecule has 1 fully saturated rings. The molecule has 102 valence electrons. The van der Waals surface area contributed by atoms with Gasteiger partial charge in [-0.3, -0.25) is 4.68 Å². The molecule has 2 unspecified atom stereocenters. The van der Waals surface area contributed by atoms with Gasteiger partial charge < -0.3 is 10.2 Å². The van der Waals surface area contributed by atoms with Gasteiger partial charge in [0.2, 0.25) is 0 Å². The molecule has 4 nitrogen and oxygen atoms in total. The Morgan fingerprint density at radius 3 is 2.61 bits per heavy atom. The van der Waals surface area contributed by atoms with Gasteiger partial charge >= 0.3 is 0 Å². The van der Waals surface area contributed by atoms with E-state index in [1.807, 2.05) is 4.68 Å². The third-order valence-corrected chi connectivity index (χ3v) is 3.73. The summed E-state index contributed by atoms with van der Waals surface area (Å²) in [7, 11) is 0. The molecule has 1 saturated heterocycles. The van der Waals surface area contributed by atoms with E-state index in [0.29, 0.717) is 24.0 Å². The first kappa shape index (κ1) is 13.4. The van der Waals surface area contributed by atoms with Crippen molar-refractivity contribution in [3.05, 3.63) is 12.3 Å². The quantitative estimate of drug-likeness (QED) is 0.893. The predicted octanol–water partition coefficient (Wildman–Crippen LogP) is 2.29. The minimum atomic E-state index is 0.427. The molecule has 1 N–H and O–H groups in total. The third-order valence-electron chi connectivity index (χ3n) is 3.73. The van der Waals surface area contributed by atoms with Gasteiger partial charge in [0, 0.05) is 43.5 Å². The SMILES string of the molecule is CC1CN(c2ccn(C(C)C)n2)C(C(C)C)CN1. The minimum Gasteiger partial charge on any atom is -0.349 e. The molecule has 0 amide bonds. The summed E-state index contributed by atoms with van der Waals surface area (Å²) in [5.41, 5.74) is 0. The van der Waals surface area contributed by atoms with E-state index >= 15 is 0 Å². The number of rotatable bonds is 3. The summed E-state index contributed by atoms with van der Waals surface area (Å²) in [6.07, 6.45) is 2.09. The van der Waals surface area contributed by atoms with Crippen LogP contribution in [-0.4, -0.2) is 35.0 Å². The molecule has 1 aliphatic rings. The fourth-order valence-corrected chi connectivity index (χ4v) is 2.55. The van der Waals surface area contributed by atoms with Gasteiger partial charge in [-0.1, -0.05) is 13.8 Å². The van der Waals surface area contributed by atoms with Crippen LogP contribution in [0.1, 0.15) is 40.7 Å². The molecule has 2 rings (SSSR count). The van der Waals surface area contributed by atoms with Gasteiger partial charge in [0.05, 0.1) is 0 Å². The average Bonchev–Trinajstić information content (AvgIpc) is 2.77. The van der Waals surface area contributed by atoms with Crippen LogP contribution in [0.4, 0.5) is 5.82 Å². The largest absolute Gasteiger partial charge is 0.349 e. The highest BCUT2D eigenvalue weighted by Gasteiger charge is 2.29. The summed E-state index contributed by atoms with van der Waals surface area (Å²) in [6.45, 7) is 13.2. The molecule has 0 spiro atoms. The van der Waals surface area contributed by atoms with Crippen molar-refractivity contribution in [1.82, 2.24) is 15.1 Å². The highest BCUT2D eigenvalue weighted by molar-refractivity contribution is 5.40. The Morgan fingerprint density at radius 2 is 2.06 bits per heavy atom. The number of hydrogen-bond acceptors (Lipinski definition) is 3. The number of piperazine rings is 1. The Hall–Kier alpha value is -1.03. The van der Waals surface area contributed by atoms with Crippen molar-refractivity contribution < 1.29 is 0 Å². The summed E-state index contributed by atoms with van der Waals surface area (Å²) in [4.78, 5) is 2.46. The van der Waals surface area contributed by atoms with Crippen LogP contribution in [0.5, 0.6) is 0 Å². The van der Waals surface area contributed by atoms with Crippen molar-refractivity contribution in [3.8, 4) is 0 Å². The van der Waals surface area contributed by atoms with E-state index in [2.05, 4.69) is 57.1 Å². The molecule has 18 heavy (non-hydrogen) atoms. The minimum absolute atomic E-state index is 0.427. The second kappa shape index (κ2) is 5.31. The van der Waals surface area contributed by atoms with Gasteiger partial charge in [-0.2, -0.15) is 5.10 Å². The number of hydrogen-bond donors (Lipinski definition) is 1. The van der Waals surface area contributed by atoms with Gasteiger partial charge in [-0.15, -0.1) is 0 Å². The second-order valence-electron chi connectivity index (χ2n) is 6.02. The summed E-state index contributed by atoms with van der Waals surface area (Å²) < 4.78 is 2.04. The Morgan fingerprint density at radius 1 is 1.33 bits per heavy atom. The Bertz CT molecular complexity index is 383. The lowest BCUT2D eigenvalue weighted by Crippen LogP contribution is -2.57. The smallest absolute Gasteiger partial charge is 0.150 e. The fraction of sp³-hybridized carbons (Fsp3) is 0.786. The zero-order valence-corrected chi connectivity index (χ0v) is 12.2. The van der Waals surface area contributed by atoms with E-state index < -0.39 is 0 Å². The first-order chi connectivity index (χ1) is 8.49. The van der Waals surface area contributed by atoms with Gasteiger partial charge in [-0.25, -0.2) is 0 Å². The number of anilines is 1. The summed E-state index contributed by atoms with van der Waals surface area (Å²) >= 11 is 0. The number of nitrogens with one attached hydrogen (secondary N) is 1. The van der Waals surface area contributed by atoms with Crippen molar-refractivity contribution in [1.29, 1.82) is 0 Å². The maximum Gasteiger partial charge on any atom is 0.150 e. The van der Waals surface area contributed by atoms with Crippen LogP contribution in [0, 0.1) is 5.92 Å². The van der Waals surface area contributed by atoms with Crippen LogP contribution in [0.25, 0.3) is 0 Å². The molecule has 1 aromatic rings. The number of nitrogens with zero attached hydrogens (tertiary/aromatic N) is 3. The third kappa shape index (κ3) is 2.69. The lowest BCUT2D eigenvalue weighted by atomic mass is 9.99. The fourth-order valence-electron chi connectivity index (χ4n) is 2.55. The molecular weight excluding hydrogens is 224 g/mol. The molecule has 2 heterocycles. The molecule has 0 aromatic carbocycles. The Kier molecular flexibility index (Phi) is 3.95. The van der Waals surface area contributed by atoms with Crippen molar-refractivity contribution in [2.24, 2.45) is 5.92 Å². The Balaban J connectivity index is 2.20. The van der Waals surface area contributed by atoms with Crippen molar-refractivity contribution in [3.63, 3.8) is 0 Å². The van der Waals surface area contributed by atoms with E-state index in [9.17, 15) is 0 Å². The van der Waals surface area contributed by atoms with Gasteiger partial charge in [0.1, 0.15) is 0 Å². The normalized spacial score (nSPS) is 25.2. The first-order valence-electron chi connectivity index (χ1n) is 7.04. The van der Waals surface area contributed by atoms with Crippen molar-refractivity contribution in [2.45, 2.75) is 52.7 Å². The summed E-state index contributed by atoms with van der Waals surface area (Å²) in [5, 5.41) is 8.28. The van der Waals surface area contributed by atoms with Gasteiger partial charge in [-0.05, 0) is 26.7 Å². The Labute approximate surface area is 110 Å². The molecule has 0 bridgehead atoms. The zero-order valence-electron chi connectivity index (χ0n) is 12.2. The molecule has 2 atom stereocenters. The van der Waals surface area contributed by atoms with E-state index in [0.717, 1.165) is 18.9 Å². The topological polar surface area (TPSA) is 33.1 Å². The lowest BCUT2D eigenvalue weighted by molar-refractivity contribution is 0.346. The molecular formula is C14H26N4. The molecule has 0 saturated carbocycles. The first-order valence-corrected chi connectivity index (χ1v) is 7.04. The molecule has 4 heteroatoms. The predicted molar refractivity (Wildman–Crippen MR) is 76.0 cm³/mol. The number of aromatic nitrogens is 2. The summed E-state index contributed by atoms with van der Waals surface area (Å²) in [5.74, 6) is 1.75. The van der Waals surface area contributed by atoms with Crippen LogP contribution in [0.3, 0.4) is 0 Å². The standard InChI is InChI=1S/C14H26N4/c1-10(2)13-8-15-12(5)9-17(13)14-6-7-18(16-14)11(3)4/h6-7,10-13,15H,8-9H2,1-5H3. The van der Waals surface area contributed by atoms with Crippen LogP contribution in [0.15, 0.2) is 12.3 Å². The van der Waals surface area contributed by atoms with E-state index in [1.165, 1.54) is 0 Å².